The third-order valence-corrected chi connectivity index (χ3v) is 29.6. The van der Waals surface area contributed by atoms with Crippen LogP contribution < -0.4 is 14.7 Å². The maximum atomic E-state index is 6.34. The SMILES string of the molecule is CC1(C)c2ccccc2N(c2ccc(-c3ccc(-c4ccc5c(c4)c4ccccc4n5-c4ccccc4)cc3)cc2)c2ccccc21.c1ccc(-c2ccc(N(c3ccc(-c4ccc5c(c4)c4ccccc4n5-c4ccccc4)cc3)c3ccc4c(c3)oc3ccccc34)cc2)cc1.c1ccc(-c2ccc(N(c3ccc(-c4ccccc4)cc3)c3ccc4c(c3)c3cc(-c5ccccc5)ccc3n4-c3ccccc3)cc2)cc1. The van der Waals surface area contributed by atoms with Crippen LogP contribution in [0, 0.1) is 0 Å². The van der Waals surface area contributed by atoms with Gasteiger partial charge in [-0.1, -0.05) is 384 Å². The van der Waals surface area contributed by atoms with Crippen LogP contribution >= 0.6 is 0 Å². The Bertz CT molecular complexity index is 9410. The van der Waals surface area contributed by atoms with E-state index in [0.29, 0.717) is 0 Å². The molecule has 0 amide bonds. The summed E-state index contributed by atoms with van der Waals surface area (Å²) in [7, 11) is 0. The predicted octanol–water partition coefficient (Wildman–Crippen LogP) is 39.0. The van der Waals surface area contributed by atoms with Crippen molar-refractivity contribution in [1.29, 1.82) is 0 Å². The zero-order chi connectivity index (χ0) is 98.5. The molecular weight excluding hydrogens is 1790 g/mol. The van der Waals surface area contributed by atoms with Gasteiger partial charge in [0.05, 0.1) is 44.5 Å². The van der Waals surface area contributed by atoms with E-state index in [4.69, 9.17) is 4.42 Å². The van der Waals surface area contributed by atoms with Gasteiger partial charge in [-0.3, -0.25) is 0 Å². The van der Waals surface area contributed by atoms with E-state index >= 15 is 0 Å². The summed E-state index contributed by atoms with van der Waals surface area (Å²) in [6.45, 7) is 4.66. The van der Waals surface area contributed by atoms with Crippen molar-refractivity contribution in [3.8, 4) is 95.0 Å². The molecule has 7 heteroatoms. The van der Waals surface area contributed by atoms with Crippen LogP contribution in [0.25, 0.3) is 182 Å². The molecule has 0 N–H and O–H groups in total. The van der Waals surface area contributed by atoms with Crippen LogP contribution in [0.15, 0.2) is 575 Å². The summed E-state index contributed by atoms with van der Waals surface area (Å²) in [6.07, 6.45) is 0. The number of hydrogen-bond acceptors (Lipinski definition) is 4. The Balaban J connectivity index is 0.000000112. The van der Waals surface area contributed by atoms with Gasteiger partial charge in [0.1, 0.15) is 11.2 Å². The number of anilines is 9. The lowest BCUT2D eigenvalue weighted by Gasteiger charge is -2.42. The van der Waals surface area contributed by atoms with Gasteiger partial charge < -0.3 is 32.8 Å². The molecule has 23 aromatic carbocycles. The smallest absolute Gasteiger partial charge is 0.137 e. The second-order valence-corrected chi connectivity index (χ2v) is 38.7. The number of rotatable bonds is 17. The molecule has 148 heavy (non-hydrogen) atoms. The van der Waals surface area contributed by atoms with Crippen LogP contribution in [0.5, 0.6) is 0 Å². The Morgan fingerprint density at radius 3 is 0.791 bits per heavy atom. The maximum Gasteiger partial charge on any atom is 0.137 e. The molecule has 700 valence electrons. The van der Waals surface area contributed by atoms with Gasteiger partial charge in [-0.25, -0.2) is 0 Å². The first-order valence-corrected chi connectivity index (χ1v) is 50.8. The van der Waals surface area contributed by atoms with Gasteiger partial charge in [0, 0.05) is 111 Å². The standard InChI is InChI=1S/C48H32N2O.C48H34N2.C45H34N2/c1-3-11-33(12-4-1)34-19-24-38(25-20-34)49(40-28-29-43-42-16-8-10-18-47(42)51-48(43)32-40)39-26-21-35(22-27-39)36-23-30-46-44(31-36)41-15-7-9-17-45(41)50(46)37-13-5-2-6-14-37;1-5-13-35(14-6-1)38-21-26-42(27-22-38)49(43-28-23-39(24-29-43)36-15-7-2-8-16-36)44-30-32-48-46(34-44)45-33-40(37-17-9-3-10-18-37)25-31-47(45)50(48)41-19-11-4-12-20-41;1-45(2)39-15-7-10-18-43(39)47(44-19-11-8-16-40(44)45)36-27-24-32(25-28-36)31-20-22-33(23-21-31)34-26-29-42-38(30-34)37-14-6-9-17-41(37)46(42)35-12-4-3-5-13-35/h1-32H;1-34H;3-30H,1-2H3. The lowest BCUT2D eigenvalue weighted by atomic mass is 9.73. The van der Waals surface area contributed by atoms with Crippen molar-refractivity contribution >= 4 is 139 Å². The lowest BCUT2D eigenvalue weighted by Crippen LogP contribution is -2.30. The maximum absolute atomic E-state index is 6.34. The van der Waals surface area contributed by atoms with E-state index in [1.165, 1.54) is 183 Å². The second kappa shape index (κ2) is 38.2. The third kappa shape index (κ3) is 16.5. The van der Waals surface area contributed by atoms with Crippen molar-refractivity contribution in [2.75, 3.05) is 14.7 Å². The molecule has 0 unspecified atom stereocenters. The number of aromatic nitrogens is 3. The van der Waals surface area contributed by atoms with E-state index in [0.717, 1.165) is 61.8 Å². The molecule has 0 fully saturated rings. The number of fused-ring (bicyclic) bond motifs is 14. The van der Waals surface area contributed by atoms with Crippen molar-refractivity contribution in [3.63, 3.8) is 0 Å². The predicted molar refractivity (Wildman–Crippen MR) is 624 cm³/mol. The molecule has 4 aromatic heterocycles. The van der Waals surface area contributed by atoms with Crippen LogP contribution in [-0.4, -0.2) is 13.7 Å². The van der Waals surface area contributed by atoms with E-state index in [9.17, 15) is 0 Å². The summed E-state index contributed by atoms with van der Waals surface area (Å²) >= 11 is 0. The minimum Gasteiger partial charge on any atom is -0.456 e. The molecular formula is C141H100N6O. The van der Waals surface area contributed by atoms with Gasteiger partial charge in [0.25, 0.3) is 0 Å². The fraction of sp³-hybridized carbons (Fsp3) is 0.0213. The van der Waals surface area contributed by atoms with Crippen LogP contribution in [0.2, 0.25) is 0 Å². The van der Waals surface area contributed by atoms with Gasteiger partial charge in [0.15, 0.2) is 0 Å². The van der Waals surface area contributed by atoms with E-state index in [2.05, 4.69) is 600 Å². The summed E-state index contributed by atoms with van der Waals surface area (Å²) in [4.78, 5) is 7.09. The highest BCUT2D eigenvalue weighted by atomic mass is 16.3. The first kappa shape index (κ1) is 88.8. The van der Waals surface area contributed by atoms with E-state index in [-0.39, 0.29) is 5.41 Å². The molecule has 1 aliphatic rings. The fourth-order valence-electron chi connectivity index (χ4n) is 22.3. The van der Waals surface area contributed by atoms with Gasteiger partial charge in [-0.15, -0.1) is 0 Å². The molecule has 27 aromatic rings. The zero-order valence-corrected chi connectivity index (χ0v) is 81.9. The highest BCUT2D eigenvalue weighted by molar-refractivity contribution is 6.15. The summed E-state index contributed by atoms with van der Waals surface area (Å²) in [6, 6.07) is 205. The third-order valence-electron chi connectivity index (χ3n) is 29.6. The molecule has 0 bridgehead atoms. The number of furan rings is 1. The lowest BCUT2D eigenvalue weighted by molar-refractivity contribution is 0.632. The average molecular weight is 1890 g/mol. The number of benzene rings is 23. The topological polar surface area (TPSA) is 37.6 Å². The monoisotopic (exact) mass is 1890 g/mol. The van der Waals surface area contributed by atoms with Crippen molar-refractivity contribution in [2.24, 2.45) is 0 Å². The zero-order valence-electron chi connectivity index (χ0n) is 81.9. The minimum atomic E-state index is -0.0606. The summed E-state index contributed by atoms with van der Waals surface area (Å²) in [5.74, 6) is 0. The Labute approximate surface area is 860 Å². The normalized spacial score (nSPS) is 12.0. The van der Waals surface area contributed by atoms with E-state index in [1.807, 2.05) is 12.1 Å². The fourth-order valence-corrected chi connectivity index (χ4v) is 22.3. The Morgan fingerprint density at radius 2 is 0.405 bits per heavy atom. The summed E-state index contributed by atoms with van der Waals surface area (Å²) in [5, 5.41) is 9.73. The first-order valence-electron chi connectivity index (χ1n) is 50.8. The first-order chi connectivity index (χ1) is 73.2. The van der Waals surface area contributed by atoms with Crippen molar-refractivity contribution in [3.05, 3.63) is 581 Å². The van der Waals surface area contributed by atoms with Gasteiger partial charge >= 0.3 is 0 Å². The summed E-state index contributed by atoms with van der Waals surface area (Å²) in [5.41, 5.74) is 42.1. The quantitative estimate of drug-likeness (QED) is 0.0911. The van der Waals surface area contributed by atoms with Gasteiger partial charge in [-0.2, -0.15) is 0 Å². The molecule has 28 rings (SSSR count). The second-order valence-electron chi connectivity index (χ2n) is 38.7. The number of hydrogen-bond donors (Lipinski definition) is 0. The van der Waals surface area contributed by atoms with Gasteiger partial charge in [0.2, 0.25) is 0 Å². The molecule has 5 heterocycles. The van der Waals surface area contributed by atoms with Crippen LogP contribution in [0.3, 0.4) is 0 Å². The van der Waals surface area contributed by atoms with Crippen LogP contribution in [0.4, 0.5) is 51.2 Å². The van der Waals surface area contributed by atoms with E-state index < -0.39 is 0 Å². The molecule has 0 spiro atoms. The van der Waals surface area contributed by atoms with Crippen LogP contribution in [0.1, 0.15) is 25.0 Å². The molecule has 0 saturated heterocycles. The Hall–Kier alpha value is -19.3. The molecule has 0 radical (unpaired) electrons. The summed E-state index contributed by atoms with van der Waals surface area (Å²) < 4.78 is 13.4. The minimum absolute atomic E-state index is 0.0606. The molecule has 0 saturated carbocycles. The molecule has 0 aliphatic carbocycles. The van der Waals surface area contributed by atoms with Crippen molar-refractivity contribution < 1.29 is 4.42 Å². The Kier molecular flexibility index (Phi) is 22.9. The molecule has 7 nitrogen and oxygen atoms in total. The van der Waals surface area contributed by atoms with E-state index in [1.54, 1.807) is 0 Å². The number of para-hydroxylation sites is 8. The van der Waals surface area contributed by atoms with Crippen molar-refractivity contribution in [2.45, 2.75) is 19.3 Å². The highest BCUT2D eigenvalue weighted by Gasteiger charge is 2.37. The highest BCUT2D eigenvalue weighted by Crippen LogP contribution is 2.53. The number of nitrogens with zero attached hydrogens (tertiary/aromatic N) is 6. The molecule has 0 atom stereocenters. The van der Waals surface area contributed by atoms with Gasteiger partial charge in [-0.05, 0) is 283 Å². The van der Waals surface area contributed by atoms with Crippen LogP contribution in [-0.2, 0) is 5.41 Å². The average Bonchev–Trinajstić information content (AvgIpc) is 1.69. The Morgan fingerprint density at radius 1 is 0.162 bits per heavy atom. The molecule has 1 aliphatic heterocycles. The van der Waals surface area contributed by atoms with Crippen molar-refractivity contribution in [1.82, 2.24) is 13.7 Å². The largest absolute Gasteiger partial charge is 0.456 e.